The van der Waals surface area contributed by atoms with Crippen LogP contribution in [-0.4, -0.2) is 49.5 Å². The molecule has 1 aliphatic rings. The smallest absolute Gasteiger partial charge is 0.256 e. The Balaban J connectivity index is 1.40. The van der Waals surface area contributed by atoms with Crippen molar-refractivity contribution in [1.29, 1.82) is 0 Å². The maximum absolute atomic E-state index is 13.5. The Bertz CT molecular complexity index is 1140. The third-order valence-electron chi connectivity index (χ3n) is 6.52. The van der Waals surface area contributed by atoms with Gasteiger partial charge in [0.25, 0.3) is 11.8 Å². The fourth-order valence-corrected chi connectivity index (χ4v) is 4.53. The normalized spacial score (nSPS) is 13.8. The summed E-state index contributed by atoms with van der Waals surface area (Å²) in [6.07, 6.45) is 1.64. The topological polar surface area (TPSA) is 61.9 Å². The van der Waals surface area contributed by atoms with E-state index in [2.05, 4.69) is 10.2 Å². The molecule has 0 aromatic heterocycles. The number of methoxy groups -OCH3 is 1. The largest absolute Gasteiger partial charge is 0.497 e. The summed E-state index contributed by atoms with van der Waals surface area (Å²) in [7, 11) is 1.59. The lowest BCUT2D eigenvalue weighted by atomic mass is 10.0. The van der Waals surface area contributed by atoms with Crippen molar-refractivity contribution in [3.8, 4) is 5.75 Å². The number of rotatable bonds is 8. The molecule has 0 bridgehead atoms. The number of hydrogen-bond donors (Lipinski definition) is 1. The molecule has 0 saturated carbocycles. The van der Waals surface area contributed by atoms with E-state index in [0.29, 0.717) is 24.4 Å². The average Bonchev–Trinajstić information content (AvgIpc) is 2.92. The van der Waals surface area contributed by atoms with Crippen molar-refractivity contribution in [2.45, 2.75) is 32.4 Å². The predicted molar refractivity (Wildman–Crippen MR) is 139 cm³/mol. The fraction of sp³-hybridized carbons (Fsp3) is 0.310. The van der Waals surface area contributed by atoms with E-state index in [1.807, 2.05) is 78.6 Å². The van der Waals surface area contributed by atoms with E-state index in [4.69, 9.17) is 4.74 Å². The molecule has 0 radical (unpaired) electrons. The summed E-state index contributed by atoms with van der Waals surface area (Å²) in [5.74, 6) is 0.625. The summed E-state index contributed by atoms with van der Waals surface area (Å²) >= 11 is 0. The van der Waals surface area contributed by atoms with Gasteiger partial charge in [-0.1, -0.05) is 48.5 Å². The highest BCUT2D eigenvalue weighted by Crippen LogP contribution is 2.26. The van der Waals surface area contributed by atoms with Gasteiger partial charge in [0, 0.05) is 43.5 Å². The summed E-state index contributed by atoms with van der Waals surface area (Å²) in [5.41, 5.74) is 3.40. The number of hydrogen-bond acceptors (Lipinski definition) is 4. The molecule has 2 amide bonds. The second kappa shape index (κ2) is 11.6. The van der Waals surface area contributed by atoms with E-state index in [9.17, 15) is 9.59 Å². The van der Waals surface area contributed by atoms with Crippen LogP contribution in [0.15, 0.2) is 78.9 Å². The van der Waals surface area contributed by atoms with Gasteiger partial charge < -0.3 is 19.9 Å². The SMILES string of the molecule is CCN(Cc1ccccc1)C(=O)c1ccccc1N1CCC(NC(=O)c2cccc(OC)c2)CC1. The zero-order valence-corrected chi connectivity index (χ0v) is 20.4. The maximum Gasteiger partial charge on any atom is 0.256 e. The first kappa shape index (κ1) is 24.3. The summed E-state index contributed by atoms with van der Waals surface area (Å²) in [6, 6.07) is 25.2. The molecule has 0 spiro atoms. The average molecular weight is 472 g/mol. The van der Waals surface area contributed by atoms with Crippen LogP contribution in [0.4, 0.5) is 5.69 Å². The zero-order valence-electron chi connectivity index (χ0n) is 20.4. The van der Waals surface area contributed by atoms with E-state index >= 15 is 0 Å². The molecule has 0 unspecified atom stereocenters. The molecule has 1 saturated heterocycles. The number of nitrogens with one attached hydrogen (secondary N) is 1. The van der Waals surface area contributed by atoms with Crippen LogP contribution in [-0.2, 0) is 6.54 Å². The lowest BCUT2D eigenvalue weighted by Gasteiger charge is -2.35. The Labute approximate surface area is 207 Å². The molecule has 1 N–H and O–H groups in total. The monoisotopic (exact) mass is 471 g/mol. The van der Waals surface area contributed by atoms with Crippen molar-refractivity contribution < 1.29 is 14.3 Å². The predicted octanol–water partition coefficient (Wildman–Crippen LogP) is 4.76. The van der Waals surface area contributed by atoms with Crippen LogP contribution in [0.2, 0.25) is 0 Å². The summed E-state index contributed by atoms with van der Waals surface area (Å²) in [4.78, 5) is 30.3. The first-order valence-corrected chi connectivity index (χ1v) is 12.2. The van der Waals surface area contributed by atoms with E-state index in [-0.39, 0.29) is 17.9 Å². The molecular weight excluding hydrogens is 438 g/mol. The minimum Gasteiger partial charge on any atom is -0.497 e. The van der Waals surface area contributed by atoms with Gasteiger partial charge in [-0.3, -0.25) is 9.59 Å². The van der Waals surface area contributed by atoms with Gasteiger partial charge in [0.1, 0.15) is 5.75 Å². The Hall–Kier alpha value is -3.80. The number of para-hydroxylation sites is 1. The first-order chi connectivity index (χ1) is 17.1. The van der Waals surface area contributed by atoms with Gasteiger partial charge in [0.15, 0.2) is 0 Å². The van der Waals surface area contributed by atoms with Gasteiger partial charge in [-0.15, -0.1) is 0 Å². The fourth-order valence-electron chi connectivity index (χ4n) is 4.53. The highest BCUT2D eigenvalue weighted by atomic mass is 16.5. The lowest BCUT2D eigenvalue weighted by molar-refractivity contribution is 0.0753. The molecule has 1 heterocycles. The lowest BCUT2D eigenvalue weighted by Crippen LogP contribution is -2.45. The molecule has 182 valence electrons. The molecule has 4 rings (SSSR count). The van der Waals surface area contributed by atoms with Crippen molar-refractivity contribution in [3.05, 3.63) is 95.6 Å². The summed E-state index contributed by atoms with van der Waals surface area (Å²) in [6.45, 7) is 4.79. The van der Waals surface area contributed by atoms with E-state index in [1.54, 1.807) is 19.2 Å². The molecular formula is C29H33N3O3. The van der Waals surface area contributed by atoms with Gasteiger partial charge in [0.2, 0.25) is 0 Å². The van der Waals surface area contributed by atoms with Crippen LogP contribution in [0.1, 0.15) is 46.0 Å². The highest BCUT2D eigenvalue weighted by Gasteiger charge is 2.25. The second-order valence-corrected chi connectivity index (χ2v) is 8.79. The van der Waals surface area contributed by atoms with E-state index in [1.165, 1.54) is 0 Å². The van der Waals surface area contributed by atoms with Gasteiger partial charge in [-0.2, -0.15) is 0 Å². The minimum atomic E-state index is -0.0857. The van der Waals surface area contributed by atoms with Gasteiger partial charge >= 0.3 is 0 Å². The maximum atomic E-state index is 13.5. The number of anilines is 1. The molecule has 3 aromatic carbocycles. The van der Waals surface area contributed by atoms with Crippen LogP contribution >= 0.6 is 0 Å². The van der Waals surface area contributed by atoms with Crippen LogP contribution in [0, 0.1) is 0 Å². The van der Waals surface area contributed by atoms with Crippen molar-refractivity contribution in [1.82, 2.24) is 10.2 Å². The van der Waals surface area contributed by atoms with Crippen molar-refractivity contribution in [3.63, 3.8) is 0 Å². The van der Waals surface area contributed by atoms with Crippen LogP contribution in [0.3, 0.4) is 0 Å². The van der Waals surface area contributed by atoms with Gasteiger partial charge in [0.05, 0.1) is 12.7 Å². The molecule has 0 aliphatic carbocycles. The molecule has 35 heavy (non-hydrogen) atoms. The minimum absolute atomic E-state index is 0.0420. The number of benzene rings is 3. The molecule has 6 heteroatoms. The number of carbonyl (C=O) groups is 2. The first-order valence-electron chi connectivity index (χ1n) is 12.2. The van der Waals surface area contributed by atoms with Crippen molar-refractivity contribution in [2.75, 3.05) is 31.6 Å². The van der Waals surface area contributed by atoms with Crippen LogP contribution in [0.5, 0.6) is 5.75 Å². The molecule has 0 atom stereocenters. The quantitative estimate of drug-likeness (QED) is 0.515. The van der Waals surface area contributed by atoms with Crippen molar-refractivity contribution in [2.24, 2.45) is 0 Å². The van der Waals surface area contributed by atoms with Crippen molar-refractivity contribution >= 4 is 17.5 Å². The van der Waals surface area contributed by atoms with E-state index < -0.39 is 0 Å². The standard InChI is InChI=1S/C29H33N3O3/c1-3-31(21-22-10-5-4-6-11-22)29(34)26-14-7-8-15-27(26)32-18-16-24(17-19-32)30-28(33)23-12-9-13-25(20-23)35-2/h4-15,20,24H,3,16-19,21H2,1-2H3,(H,30,33). The third kappa shape index (κ3) is 6.01. The van der Waals surface area contributed by atoms with Crippen LogP contribution in [0.25, 0.3) is 0 Å². The zero-order chi connectivity index (χ0) is 24.6. The molecule has 1 aliphatic heterocycles. The molecule has 3 aromatic rings. The summed E-state index contributed by atoms with van der Waals surface area (Å²) < 4.78 is 5.23. The van der Waals surface area contributed by atoms with Gasteiger partial charge in [-0.25, -0.2) is 0 Å². The Morgan fingerprint density at radius 3 is 2.40 bits per heavy atom. The number of piperidine rings is 1. The molecule has 6 nitrogen and oxygen atoms in total. The van der Waals surface area contributed by atoms with E-state index in [0.717, 1.165) is 42.7 Å². The Morgan fingerprint density at radius 1 is 0.971 bits per heavy atom. The summed E-state index contributed by atoms with van der Waals surface area (Å²) in [5, 5.41) is 3.15. The Kier molecular flexibility index (Phi) is 8.03. The van der Waals surface area contributed by atoms with Crippen LogP contribution < -0.4 is 15.0 Å². The number of nitrogens with zero attached hydrogens (tertiary/aromatic N) is 2. The second-order valence-electron chi connectivity index (χ2n) is 8.79. The number of carbonyl (C=O) groups excluding carboxylic acids is 2. The highest BCUT2D eigenvalue weighted by molar-refractivity contribution is 6.00. The Morgan fingerprint density at radius 2 is 1.69 bits per heavy atom. The molecule has 1 fully saturated rings. The number of amides is 2. The van der Waals surface area contributed by atoms with Gasteiger partial charge in [-0.05, 0) is 55.7 Å². The third-order valence-corrected chi connectivity index (χ3v) is 6.52. The number of ether oxygens (including phenoxy) is 1.